The Kier molecular flexibility index (Phi) is 4.43. The summed E-state index contributed by atoms with van der Waals surface area (Å²) < 4.78 is 3.91. The molecule has 2 aromatic heterocycles. The van der Waals surface area contributed by atoms with Crippen LogP contribution in [0.25, 0.3) is 22.8 Å². The highest BCUT2D eigenvalue weighted by molar-refractivity contribution is 6.08. The molecule has 0 saturated carbocycles. The maximum Gasteiger partial charge on any atom is 0.233 e. The molecule has 0 fully saturated rings. The number of carbonyl (C=O) groups excluding carboxylic acids is 1. The molecule has 0 saturated heterocycles. The molecule has 28 heavy (non-hydrogen) atoms. The SMILES string of the molecule is Cc1c(C(=O)c2nc(-c3ccccc3)n(C)c2C)nc(-c2ccccc2)n1C. The van der Waals surface area contributed by atoms with Crippen molar-refractivity contribution in [2.45, 2.75) is 13.8 Å². The first-order valence-corrected chi connectivity index (χ1v) is 9.21. The van der Waals surface area contributed by atoms with Gasteiger partial charge < -0.3 is 9.13 Å². The normalized spacial score (nSPS) is 11.0. The summed E-state index contributed by atoms with van der Waals surface area (Å²) in [7, 11) is 3.87. The molecule has 4 rings (SSSR count). The maximum atomic E-state index is 13.3. The van der Waals surface area contributed by atoms with Gasteiger partial charge >= 0.3 is 0 Å². The topological polar surface area (TPSA) is 52.7 Å². The van der Waals surface area contributed by atoms with E-state index in [1.165, 1.54) is 0 Å². The summed E-state index contributed by atoms with van der Waals surface area (Å²) in [5.74, 6) is 1.40. The molecule has 0 aliphatic heterocycles. The monoisotopic (exact) mass is 370 g/mol. The van der Waals surface area contributed by atoms with Crippen molar-refractivity contribution in [1.29, 1.82) is 0 Å². The maximum absolute atomic E-state index is 13.3. The Morgan fingerprint density at radius 1 is 0.679 bits per heavy atom. The average molecular weight is 370 g/mol. The lowest BCUT2D eigenvalue weighted by molar-refractivity contribution is 0.102. The van der Waals surface area contributed by atoms with Crippen molar-refractivity contribution >= 4 is 5.78 Å². The minimum absolute atomic E-state index is 0.148. The zero-order valence-corrected chi connectivity index (χ0v) is 16.5. The Balaban J connectivity index is 1.79. The standard InChI is InChI=1S/C23H22N4O/c1-15-19(24-22(26(15)3)17-11-7-5-8-12-17)21(28)20-16(2)27(4)23(25-20)18-13-9-6-10-14-18/h5-14H,1-4H3. The predicted molar refractivity (Wildman–Crippen MR) is 110 cm³/mol. The fourth-order valence-electron chi connectivity index (χ4n) is 3.39. The van der Waals surface area contributed by atoms with E-state index in [0.717, 1.165) is 34.2 Å². The molecule has 0 spiro atoms. The van der Waals surface area contributed by atoms with Crippen molar-refractivity contribution < 1.29 is 4.79 Å². The van der Waals surface area contributed by atoms with E-state index in [1.54, 1.807) is 0 Å². The highest BCUT2D eigenvalue weighted by Gasteiger charge is 2.25. The third-order valence-corrected chi connectivity index (χ3v) is 5.26. The Bertz CT molecular complexity index is 1060. The molecular formula is C23H22N4O. The lowest BCUT2D eigenvalue weighted by Crippen LogP contribution is -2.07. The average Bonchev–Trinajstić information content (AvgIpc) is 3.20. The molecule has 0 radical (unpaired) electrons. The van der Waals surface area contributed by atoms with E-state index in [0.29, 0.717) is 11.4 Å². The smallest absolute Gasteiger partial charge is 0.233 e. The third kappa shape index (κ3) is 2.85. The van der Waals surface area contributed by atoms with Crippen molar-refractivity contribution in [3.8, 4) is 22.8 Å². The zero-order valence-electron chi connectivity index (χ0n) is 16.5. The van der Waals surface area contributed by atoms with Gasteiger partial charge in [-0.1, -0.05) is 60.7 Å². The number of hydrogen-bond donors (Lipinski definition) is 0. The molecule has 4 aromatic rings. The number of imidazole rings is 2. The first-order valence-electron chi connectivity index (χ1n) is 9.21. The summed E-state index contributed by atoms with van der Waals surface area (Å²) in [5, 5.41) is 0. The molecule has 0 aliphatic carbocycles. The van der Waals surface area contributed by atoms with Crippen LogP contribution < -0.4 is 0 Å². The first-order chi connectivity index (χ1) is 13.5. The summed E-state index contributed by atoms with van der Waals surface area (Å²) in [6.45, 7) is 3.84. The van der Waals surface area contributed by atoms with Gasteiger partial charge in [0.1, 0.15) is 23.0 Å². The van der Waals surface area contributed by atoms with Gasteiger partial charge in [0.05, 0.1) is 0 Å². The van der Waals surface area contributed by atoms with Crippen LogP contribution >= 0.6 is 0 Å². The first kappa shape index (κ1) is 17.9. The van der Waals surface area contributed by atoms with Crippen LogP contribution in [0.2, 0.25) is 0 Å². The highest BCUT2D eigenvalue weighted by atomic mass is 16.1. The van der Waals surface area contributed by atoms with Crippen LogP contribution in [-0.4, -0.2) is 24.9 Å². The number of aromatic nitrogens is 4. The van der Waals surface area contributed by atoms with Gasteiger partial charge in [-0.15, -0.1) is 0 Å². The number of ketones is 1. The lowest BCUT2D eigenvalue weighted by Gasteiger charge is -2.02. The predicted octanol–water partition coefficient (Wildman–Crippen LogP) is 4.34. The van der Waals surface area contributed by atoms with Crippen LogP contribution in [0.1, 0.15) is 27.6 Å². The van der Waals surface area contributed by atoms with Crippen LogP contribution in [-0.2, 0) is 14.1 Å². The Hall–Kier alpha value is -3.47. The molecule has 0 atom stereocenters. The van der Waals surface area contributed by atoms with E-state index in [9.17, 15) is 4.79 Å². The summed E-state index contributed by atoms with van der Waals surface area (Å²) in [4.78, 5) is 22.7. The van der Waals surface area contributed by atoms with Gasteiger partial charge in [-0.2, -0.15) is 0 Å². The molecular weight excluding hydrogens is 348 g/mol. The molecule has 5 heteroatoms. The van der Waals surface area contributed by atoms with Gasteiger partial charge in [0, 0.05) is 36.6 Å². The summed E-state index contributed by atoms with van der Waals surface area (Å²) in [6, 6.07) is 19.8. The lowest BCUT2D eigenvalue weighted by atomic mass is 10.1. The van der Waals surface area contributed by atoms with Crippen molar-refractivity contribution in [2.75, 3.05) is 0 Å². The van der Waals surface area contributed by atoms with Gasteiger partial charge in [-0.3, -0.25) is 4.79 Å². The number of nitrogens with zero attached hydrogens (tertiary/aromatic N) is 4. The number of rotatable bonds is 4. The van der Waals surface area contributed by atoms with Crippen LogP contribution in [0.4, 0.5) is 0 Å². The number of hydrogen-bond acceptors (Lipinski definition) is 3. The fraction of sp³-hybridized carbons (Fsp3) is 0.174. The Morgan fingerprint density at radius 2 is 1.04 bits per heavy atom. The second-order valence-corrected chi connectivity index (χ2v) is 6.92. The molecule has 0 bridgehead atoms. The second-order valence-electron chi connectivity index (χ2n) is 6.92. The van der Waals surface area contributed by atoms with E-state index in [-0.39, 0.29) is 5.78 Å². The van der Waals surface area contributed by atoms with Gasteiger partial charge in [0.2, 0.25) is 5.78 Å². The minimum Gasteiger partial charge on any atom is -0.331 e. The molecule has 0 amide bonds. The van der Waals surface area contributed by atoms with Gasteiger partial charge in [-0.25, -0.2) is 9.97 Å². The molecule has 5 nitrogen and oxygen atoms in total. The Morgan fingerprint density at radius 3 is 1.39 bits per heavy atom. The van der Waals surface area contributed by atoms with Crippen molar-refractivity contribution in [2.24, 2.45) is 14.1 Å². The third-order valence-electron chi connectivity index (χ3n) is 5.26. The van der Waals surface area contributed by atoms with E-state index < -0.39 is 0 Å². The fourth-order valence-corrected chi connectivity index (χ4v) is 3.39. The van der Waals surface area contributed by atoms with Crippen LogP contribution in [0, 0.1) is 13.8 Å². The van der Waals surface area contributed by atoms with Crippen molar-refractivity contribution in [1.82, 2.24) is 19.1 Å². The molecule has 0 N–H and O–H groups in total. The summed E-state index contributed by atoms with van der Waals surface area (Å²) in [6.07, 6.45) is 0. The molecule has 2 aromatic carbocycles. The Labute approximate surface area is 164 Å². The van der Waals surface area contributed by atoms with E-state index in [2.05, 4.69) is 9.97 Å². The van der Waals surface area contributed by atoms with Crippen LogP contribution in [0.5, 0.6) is 0 Å². The molecule has 2 heterocycles. The van der Waals surface area contributed by atoms with E-state index in [1.807, 2.05) is 97.7 Å². The summed E-state index contributed by atoms with van der Waals surface area (Å²) in [5.41, 5.74) is 4.51. The van der Waals surface area contributed by atoms with Gasteiger partial charge in [0.25, 0.3) is 0 Å². The van der Waals surface area contributed by atoms with Crippen LogP contribution in [0.3, 0.4) is 0 Å². The summed E-state index contributed by atoms with van der Waals surface area (Å²) >= 11 is 0. The second kappa shape index (κ2) is 6.93. The van der Waals surface area contributed by atoms with E-state index >= 15 is 0 Å². The van der Waals surface area contributed by atoms with Crippen LogP contribution in [0.15, 0.2) is 60.7 Å². The molecule has 0 unspecified atom stereocenters. The zero-order chi connectivity index (χ0) is 19.8. The quantitative estimate of drug-likeness (QED) is 0.502. The van der Waals surface area contributed by atoms with Gasteiger partial charge in [0.15, 0.2) is 0 Å². The molecule has 140 valence electrons. The highest BCUT2D eigenvalue weighted by Crippen LogP contribution is 2.26. The minimum atomic E-state index is -0.148. The van der Waals surface area contributed by atoms with Crippen molar-refractivity contribution in [3.63, 3.8) is 0 Å². The largest absolute Gasteiger partial charge is 0.331 e. The van der Waals surface area contributed by atoms with Gasteiger partial charge in [-0.05, 0) is 13.8 Å². The molecule has 0 aliphatic rings. The van der Waals surface area contributed by atoms with Crippen molar-refractivity contribution in [3.05, 3.63) is 83.4 Å². The van der Waals surface area contributed by atoms with E-state index in [4.69, 9.17) is 0 Å². The number of benzene rings is 2. The number of carbonyl (C=O) groups is 1.